The fourth-order valence-electron chi connectivity index (χ4n) is 3.41. The Bertz CT molecular complexity index is 905. The standard InChI is InChI=1S/C23H28ClN3O2/c1-23(2,3)25-14-8-4-5-11-21(28)27-19-10-7-6-9-17(19)22(29)26-18-15-16(24)12-13-20(18)27/h6-7,9-10,12-13,15,25H,4-5,8,11,14H2,1-3H3,(H,26,29). The first-order chi connectivity index (χ1) is 13.8. The Hall–Kier alpha value is -2.37. The van der Waals surface area contributed by atoms with Crippen molar-refractivity contribution >= 4 is 40.5 Å². The van der Waals surface area contributed by atoms with Gasteiger partial charge in [-0.2, -0.15) is 0 Å². The van der Waals surface area contributed by atoms with Gasteiger partial charge in [-0.1, -0.05) is 30.2 Å². The van der Waals surface area contributed by atoms with Gasteiger partial charge in [-0.3, -0.25) is 14.5 Å². The van der Waals surface area contributed by atoms with Gasteiger partial charge in [0.1, 0.15) is 0 Å². The molecule has 1 aliphatic heterocycles. The maximum Gasteiger partial charge on any atom is 0.257 e. The number of fused-ring (bicyclic) bond motifs is 2. The maximum atomic E-state index is 13.2. The minimum Gasteiger partial charge on any atom is -0.320 e. The molecule has 0 saturated carbocycles. The lowest BCUT2D eigenvalue weighted by Gasteiger charge is -2.24. The van der Waals surface area contributed by atoms with Crippen LogP contribution in [0.15, 0.2) is 42.5 Å². The zero-order chi connectivity index (χ0) is 21.0. The molecule has 154 valence electrons. The van der Waals surface area contributed by atoms with E-state index in [1.165, 1.54) is 0 Å². The lowest BCUT2D eigenvalue weighted by molar-refractivity contribution is -0.118. The van der Waals surface area contributed by atoms with Crippen LogP contribution in [0.5, 0.6) is 0 Å². The van der Waals surface area contributed by atoms with Crippen molar-refractivity contribution in [2.45, 2.75) is 52.0 Å². The largest absolute Gasteiger partial charge is 0.320 e. The number of rotatable bonds is 6. The second kappa shape index (κ2) is 8.97. The highest BCUT2D eigenvalue weighted by atomic mass is 35.5. The lowest BCUT2D eigenvalue weighted by Crippen LogP contribution is -2.36. The van der Waals surface area contributed by atoms with Crippen molar-refractivity contribution in [2.24, 2.45) is 0 Å². The number of nitrogens with zero attached hydrogens (tertiary/aromatic N) is 1. The molecule has 0 spiro atoms. The molecule has 2 N–H and O–H groups in total. The summed E-state index contributed by atoms with van der Waals surface area (Å²) in [5.41, 5.74) is 2.37. The molecule has 0 saturated heterocycles. The fraction of sp³-hybridized carbons (Fsp3) is 0.391. The van der Waals surface area contributed by atoms with Crippen LogP contribution in [0.4, 0.5) is 17.1 Å². The molecule has 2 amide bonds. The number of para-hydroxylation sites is 1. The highest BCUT2D eigenvalue weighted by Gasteiger charge is 2.28. The second-order valence-electron chi connectivity index (χ2n) is 8.35. The number of benzene rings is 2. The zero-order valence-electron chi connectivity index (χ0n) is 17.2. The number of carbonyl (C=O) groups excluding carboxylic acids is 2. The molecule has 3 rings (SSSR count). The highest BCUT2D eigenvalue weighted by Crippen LogP contribution is 2.39. The molecule has 0 fully saturated rings. The summed E-state index contributed by atoms with van der Waals surface area (Å²) < 4.78 is 0. The smallest absolute Gasteiger partial charge is 0.257 e. The number of nitrogens with one attached hydrogen (secondary N) is 2. The van der Waals surface area contributed by atoms with Crippen molar-refractivity contribution in [2.75, 3.05) is 16.8 Å². The summed E-state index contributed by atoms with van der Waals surface area (Å²) in [5.74, 6) is -0.269. The van der Waals surface area contributed by atoms with Crippen molar-refractivity contribution < 1.29 is 9.59 Å². The third-order valence-electron chi connectivity index (χ3n) is 4.81. The van der Waals surface area contributed by atoms with Crippen molar-refractivity contribution in [3.63, 3.8) is 0 Å². The SMILES string of the molecule is CC(C)(C)NCCCCCC(=O)N1c2ccc(Cl)cc2NC(=O)c2ccccc21. The minimum absolute atomic E-state index is 0.0266. The van der Waals surface area contributed by atoms with Crippen LogP contribution < -0.4 is 15.5 Å². The van der Waals surface area contributed by atoms with Crippen LogP contribution in [-0.4, -0.2) is 23.9 Å². The Morgan fingerprint density at radius 2 is 1.83 bits per heavy atom. The quantitative estimate of drug-likeness (QED) is 0.613. The highest BCUT2D eigenvalue weighted by molar-refractivity contribution is 6.31. The first-order valence-electron chi connectivity index (χ1n) is 10.0. The van der Waals surface area contributed by atoms with Crippen molar-refractivity contribution in [3.05, 3.63) is 53.1 Å². The topological polar surface area (TPSA) is 61.4 Å². The maximum absolute atomic E-state index is 13.2. The molecule has 29 heavy (non-hydrogen) atoms. The first kappa shape index (κ1) is 21.3. The average Bonchev–Trinajstić information content (AvgIpc) is 2.77. The molecule has 0 aromatic heterocycles. The predicted molar refractivity (Wildman–Crippen MR) is 119 cm³/mol. The van der Waals surface area contributed by atoms with Gasteiger partial charge in [0.2, 0.25) is 5.91 Å². The van der Waals surface area contributed by atoms with E-state index < -0.39 is 0 Å². The van der Waals surface area contributed by atoms with Gasteiger partial charge >= 0.3 is 0 Å². The average molecular weight is 414 g/mol. The minimum atomic E-state index is -0.243. The van der Waals surface area contributed by atoms with Gasteiger partial charge in [-0.25, -0.2) is 0 Å². The summed E-state index contributed by atoms with van der Waals surface area (Å²) in [6, 6.07) is 12.4. The van der Waals surface area contributed by atoms with E-state index in [-0.39, 0.29) is 17.4 Å². The van der Waals surface area contributed by atoms with Crippen molar-refractivity contribution in [3.8, 4) is 0 Å². The summed E-state index contributed by atoms with van der Waals surface area (Å²) in [6.45, 7) is 7.37. The Balaban J connectivity index is 1.76. The van der Waals surface area contributed by atoms with Gasteiger partial charge < -0.3 is 10.6 Å². The monoisotopic (exact) mass is 413 g/mol. The van der Waals surface area contributed by atoms with Gasteiger partial charge in [0, 0.05) is 17.0 Å². The number of carbonyl (C=O) groups is 2. The number of anilines is 3. The molecule has 0 radical (unpaired) electrons. The molecule has 1 aliphatic rings. The van der Waals surface area contributed by atoms with E-state index in [2.05, 4.69) is 31.4 Å². The summed E-state index contributed by atoms with van der Waals surface area (Å²) in [6.07, 6.45) is 3.20. The van der Waals surface area contributed by atoms with Crippen molar-refractivity contribution in [1.29, 1.82) is 0 Å². The van der Waals surface area contributed by atoms with Gasteiger partial charge in [-0.15, -0.1) is 0 Å². The lowest BCUT2D eigenvalue weighted by atomic mass is 10.1. The molecule has 2 aromatic rings. The van der Waals surface area contributed by atoms with E-state index in [0.717, 1.165) is 25.8 Å². The zero-order valence-corrected chi connectivity index (χ0v) is 18.0. The van der Waals surface area contributed by atoms with Crippen LogP contribution >= 0.6 is 11.6 Å². The van der Waals surface area contributed by atoms with Crippen LogP contribution in [0.1, 0.15) is 56.8 Å². The number of amides is 2. The van der Waals surface area contributed by atoms with E-state index in [0.29, 0.717) is 34.1 Å². The normalized spacial score (nSPS) is 13.4. The fourth-order valence-corrected chi connectivity index (χ4v) is 3.58. The van der Waals surface area contributed by atoms with Crippen LogP contribution in [0.3, 0.4) is 0 Å². The molecular formula is C23H28ClN3O2. The molecule has 0 unspecified atom stereocenters. The number of unbranched alkanes of at least 4 members (excludes halogenated alkanes) is 2. The van der Waals surface area contributed by atoms with Gasteiger partial charge in [0.15, 0.2) is 0 Å². The summed E-state index contributed by atoms with van der Waals surface area (Å²) >= 11 is 6.12. The molecular weight excluding hydrogens is 386 g/mol. The molecule has 1 heterocycles. The van der Waals surface area contributed by atoms with Gasteiger partial charge in [0.25, 0.3) is 5.91 Å². The van der Waals surface area contributed by atoms with Gasteiger partial charge in [-0.05, 0) is 70.5 Å². The molecule has 5 nitrogen and oxygen atoms in total. The number of hydrogen-bond donors (Lipinski definition) is 2. The Labute approximate surface area is 177 Å². The molecule has 0 aliphatic carbocycles. The van der Waals surface area contributed by atoms with Gasteiger partial charge in [0.05, 0.1) is 22.6 Å². The molecule has 6 heteroatoms. The second-order valence-corrected chi connectivity index (χ2v) is 8.79. The summed E-state index contributed by atoms with van der Waals surface area (Å²) in [5, 5.41) is 6.85. The number of hydrogen-bond acceptors (Lipinski definition) is 3. The molecule has 0 atom stereocenters. The van der Waals surface area contributed by atoms with E-state index in [1.807, 2.05) is 12.1 Å². The van der Waals surface area contributed by atoms with Crippen molar-refractivity contribution in [1.82, 2.24) is 5.32 Å². The van der Waals surface area contributed by atoms with Crippen LogP contribution in [0.25, 0.3) is 0 Å². The first-order valence-corrected chi connectivity index (χ1v) is 10.4. The predicted octanol–water partition coefficient (Wildman–Crippen LogP) is 5.52. The Kier molecular flexibility index (Phi) is 6.60. The van der Waals surface area contributed by atoms with Crippen LogP contribution in [0, 0.1) is 0 Å². The van der Waals surface area contributed by atoms with E-state index >= 15 is 0 Å². The molecule has 2 aromatic carbocycles. The number of halogens is 1. The van der Waals surface area contributed by atoms with E-state index in [4.69, 9.17) is 11.6 Å². The third kappa shape index (κ3) is 5.37. The van der Waals surface area contributed by atoms with Crippen LogP contribution in [-0.2, 0) is 4.79 Å². The summed E-state index contributed by atoms with van der Waals surface area (Å²) in [7, 11) is 0. The van der Waals surface area contributed by atoms with Crippen LogP contribution in [0.2, 0.25) is 5.02 Å². The van der Waals surface area contributed by atoms with E-state index in [1.54, 1.807) is 35.2 Å². The Morgan fingerprint density at radius 1 is 1.07 bits per heavy atom. The Morgan fingerprint density at radius 3 is 2.59 bits per heavy atom. The summed E-state index contributed by atoms with van der Waals surface area (Å²) in [4.78, 5) is 27.5. The molecule has 0 bridgehead atoms. The van der Waals surface area contributed by atoms with E-state index in [9.17, 15) is 9.59 Å². The third-order valence-corrected chi connectivity index (χ3v) is 5.04.